The highest BCUT2D eigenvalue weighted by molar-refractivity contribution is 5.83. The molecule has 1 N–H and O–H groups in total. The molecule has 3 aromatic heterocycles. The van der Waals surface area contributed by atoms with Crippen LogP contribution in [0.2, 0.25) is 0 Å². The first-order valence-electron chi connectivity index (χ1n) is 15.1. The minimum atomic E-state index is -0.296. The Hall–Kier alpha value is -3.82. The van der Waals surface area contributed by atoms with Crippen LogP contribution in [0.3, 0.4) is 0 Å². The van der Waals surface area contributed by atoms with Crippen LogP contribution in [0.4, 0.5) is 11.4 Å². The molecule has 0 amide bonds. The third kappa shape index (κ3) is 6.03. The van der Waals surface area contributed by atoms with Crippen LogP contribution in [0.25, 0.3) is 10.9 Å². The van der Waals surface area contributed by atoms with E-state index >= 15 is 0 Å². The van der Waals surface area contributed by atoms with E-state index in [0.717, 1.165) is 79.0 Å². The van der Waals surface area contributed by atoms with Crippen molar-refractivity contribution in [2.75, 3.05) is 36.0 Å². The predicted molar refractivity (Wildman–Crippen MR) is 167 cm³/mol. The summed E-state index contributed by atoms with van der Waals surface area (Å²) >= 11 is 0. The van der Waals surface area contributed by atoms with Gasteiger partial charge in [-0.15, -0.1) is 0 Å². The van der Waals surface area contributed by atoms with Crippen LogP contribution in [-0.4, -0.2) is 67.9 Å². The molecule has 6 rings (SSSR count). The zero-order valence-corrected chi connectivity index (χ0v) is 24.9. The molecule has 42 heavy (non-hydrogen) atoms. The minimum absolute atomic E-state index is 0.0925. The average Bonchev–Trinajstić information content (AvgIpc) is 3.44. The van der Waals surface area contributed by atoms with Gasteiger partial charge in [-0.1, -0.05) is 0 Å². The molecule has 2 atom stereocenters. The summed E-state index contributed by atoms with van der Waals surface area (Å²) in [6, 6.07) is 10.8. The Balaban J connectivity index is 1.36. The van der Waals surface area contributed by atoms with E-state index < -0.39 is 0 Å². The summed E-state index contributed by atoms with van der Waals surface area (Å²) in [5, 5.41) is 10.8. The molecule has 0 bridgehead atoms. The number of fused-ring (bicyclic) bond motifs is 1. The first-order chi connectivity index (χ1) is 20.4. The third-order valence-electron chi connectivity index (χ3n) is 8.72. The number of rotatable bonds is 8. The van der Waals surface area contributed by atoms with E-state index in [0.29, 0.717) is 13.1 Å². The Bertz CT molecular complexity index is 1590. The van der Waals surface area contributed by atoms with Gasteiger partial charge in [0.15, 0.2) is 5.43 Å². The van der Waals surface area contributed by atoms with Crippen molar-refractivity contribution < 1.29 is 5.11 Å². The van der Waals surface area contributed by atoms with Crippen LogP contribution >= 0.6 is 0 Å². The smallest absolute Gasteiger partial charge is 0.193 e. The minimum Gasteiger partial charge on any atom is -0.391 e. The van der Waals surface area contributed by atoms with Crippen LogP contribution < -0.4 is 15.2 Å². The van der Waals surface area contributed by atoms with Crippen molar-refractivity contribution >= 4 is 22.3 Å². The van der Waals surface area contributed by atoms with Gasteiger partial charge in [0.1, 0.15) is 6.33 Å². The highest BCUT2D eigenvalue weighted by Crippen LogP contribution is 2.28. The van der Waals surface area contributed by atoms with E-state index in [9.17, 15) is 9.90 Å². The largest absolute Gasteiger partial charge is 0.391 e. The Morgan fingerprint density at radius 2 is 1.81 bits per heavy atom. The van der Waals surface area contributed by atoms with Crippen molar-refractivity contribution in [1.29, 1.82) is 0 Å². The number of piperidine rings is 1. The van der Waals surface area contributed by atoms with Crippen LogP contribution in [0.15, 0.2) is 66.2 Å². The van der Waals surface area contributed by atoms with Gasteiger partial charge in [-0.2, -0.15) is 0 Å². The number of hydrogen-bond donors (Lipinski definition) is 1. The Labute approximate surface area is 247 Å². The topological polar surface area (TPSA) is 90.6 Å². The van der Waals surface area contributed by atoms with Crippen molar-refractivity contribution in [3.63, 3.8) is 0 Å². The fraction of sp³-hybridized carbons (Fsp3) is 0.455. The van der Waals surface area contributed by atoms with E-state index in [4.69, 9.17) is 0 Å². The zero-order chi connectivity index (χ0) is 29.2. The summed E-state index contributed by atoms with van der Waals surface area (Å²) in [5.41, 5.74) is 6.14. The molecule has 9 nitrogen and oxygen atoms in total. The molecular weight excluding hydrogens is 526 g/mol. The lowest BCUT2D eigenvalue weighted by Crippen LogP contribution is -2.48. The SMILES string of the molecule is Cc1cc(CN(Cc2cn(C(C)C)c3cc(N4CCC(O)C4)ccc3c2=O)C2CCCN(c3cncnc3)C2)ccn1. The molecule has 0 spiro atoms. The summed E-state index contributed by atoms with van der Waals surface area (Å²) < 4.78 is 2.24. The lowest BCUT2D eigenvalue weighted by molar-refractivity contribution is 0.158. The normalized spacial score (nSPS) is 19.4. The molecule has 0 saturated carbocycles. The Kier molecular flexibility index (Phi) is 8.22. The monoisotopic (exact) mass is 567 g/mol. The summed E-state index contributed by atoms with van der Waals surface area (Å²) in [5.74, 6) is 0. The van der Waals surface area contributed by atoms with Gasteiger partial charge in [-0.3, -0.25) is 14.7 Å². The standard InChI is InChI=1S/C33H41N7O2/c1-23(2)40-19-26(33(42)31-7-6-27(14-32(31)40)38-12-9-30(41)21-38)18-39(17-25-8-10-36-24(3)13-25)28-5-4-11-37(20-28)29-15-34-22-35-16-29/h6-8,10,13-16,19,22-23,28,30,41H,4-5,9,11-12,17-18,20-21H2,1-3H3. The molecule has 5 heterocycles. The molecular formula is C33H41N7O2. The molecule has 9 heteroatoms. The second-order valence-electron chi connectivity index (χ2n) is 12.1. The summed E-state index contributed by atoms with van der Waals surface area (Å²) in [4.78, 5) is 34.0. The average molecular weight is 568 g/mol. The van der Waals surface area contributed by atoms with Crippen molar-refractivity contribution in [1.82, 2.24) is 24.4 Å². The highest BCUT2D eigenvalue weighted by Gasteiger charge is 2.28. The molecule has 2 saturated heterocycles. The summed E-state index contributed by atoms with van der Waals surface area (Å²) in [6.07, 6.45) is 11.9. The molecule has 1 aromatic carbocycles. The number of hydrogen-bond acceptors (Lipinski definition) is 8. The van der Waals surface area contributed by atoms with E-state index in [2.05, 4.69) is 72.5 Å². The number of aromatic nitrogens is 4. The molecule has 0 aliphatic carbocycles. The van der Waals surface area contributed by atoms with Crippen molar-refractivity contribution in [3.8, 4) is 0 Å². The fourth-order valence-corrected chi connectivity index (χ4v) is 6.52. The molecule has 2 aliphatic heterocycles. The highest BCUT2D eigenvalue weighted by atomic mass is 16.3. The zero-order valence-electron chi connectivity index (χ0n) is 24.9. The van der Waals surface area contributed by atoms with Gasteiger partial charge in [0, 0.05) is 86.1 Å². The van der Waals surface area contributed by atoms with Crippen LogP contribution in [0.5, 0.6) is 0 Å². The maximum absolute atomic E-state index is 14.1. The second-order valence-corrected chi connectivity index (χ2v) is 12.1. The van der Waals surface area contributed by atoms with Gasteiger partial charge in [0.05, 0.1) is 29.7 Å². The van der Waals surface area contributed by atoms with E-state index in [1.54, 1.807) is 6.33 Å². The van der Waals surface area contributed by atoms with Gasteiger partial charge < -0.3 is 19.5 Å². The predicted octanol–water partition coefficient (Wildman–Crippen LogP) is 4.32. The second kappa shape index (κ2) is 12.2. The van der Waals surface area contributed by atoms with Crippen LogP contribution in [0, 0.1) is 6.92 Å². The first-order valence-corrected chi connectivity index (χ1v) is 15.1. The lowest BCUT2D eigenvalue weighted by Gasteiger charge is -2.40. The van der Waals surface area contributed by atoms with E-state index in [-0.39, 0.29) is 23.6 Å². The number of aryl methyl sites for hydroxylation is 1. The quantitative estimate of drug-likeness (QED) is 0.337. The lowest BCUT2D eigenvalue weighted by atomic mass is 10.0. The Morgan fingerprint density at radius 1 is 1.00 bits per heavy atom. The van der Waals surface area contributed by atoms with Gasteiger partial charge >= 0.3 is 0 Å². The molecule has 220 valence electrons. The van der Waals surface area contributed by atoms with Crippen molar-refractivity contribution in [2.45, 2.75) is 71.3 Å². The number of anilines is 2. The summed E-state index contributed by atoms with van der Waals surface area (Å²) in [7, 11) is 0. The van der Waals surface area contributed by atoms with Gasteiger partial charge in [0.2, 0.25) is 0 Å². The number of β-amino-alcohol motifs (C(OH)–C–C–N with tert-alkyl or cyclic N) is 1. The number of pyridine rings is 2. The molecule has 0 radical (unpaired) electrons. The summed E-state index contributed by atoms with van der Waals surface area (Å²) in [6.45, 7) is 10.9. The molecule has 4 aromatic rings. The first kappa shape index (κ1) is 28.3. The number of benzene rings is 1. The van der Waals surface area contributed by atoms with Gasteiger partial charge in [0.25, 0.3) is 0 Å². The van der Waals surface area contributed by atoms with E-state index in [1.807, 2.05) is 37.6 Å². The van der Waals surface area contributed by atoms with Crippen LogP contribution in [0.1, 0.15) is 56.0 Å². The third-order valence-corrected chi connectivity index (χ3v) is 8.72. The molecule has 2 aliphatic rings. The Morgan fingerprint density at radius 3 is 2.55 bits per heavy atom. The number of aliphatic hydroxyl groups excluding tert-OH is 1. The maximum Gasteiger partial charge on any atom is 0.193 e. The molecule has 2 unspecified atom stereocenters. The van der Waals surface area contributed by atoms with Crippen molar-refractivity contribution in [3.05, 3.63) is 88.5 Å². The maximum atomic E-state index is 14.1. The fourth-order valence-electron chi connectivity index (χ4n) is 6.52. The van der Waals surface area contributed by atoms with E-state index in [1.165, 1.54) is 5.56 Å². The van der Waals surface area contributed by atoms with Crippen molar-refractivity contribution in [2.24, 2.45) is 0 Å². The van der Waals surface area contributed by atoms with Crippen LogP contribution in [-0.2, 0) is 13.1 Å². The number of aliphatic hydroxyl groups is 1. The van der Waals surface area contributed by atoms with Gasteiger partial charge in [-0.25, -0.2) is 9.97 Å². The van der Waals surface area contributed by atoms with Gasteiger partial charge in [-0.05, 0) is 75.9 Å². The number of nitrogens with zero attached hydrogens (tertiary/aromatic N) is 7. The molecule has 2 fully saturated rings.